The number of nitrogens with one attached hydrogen (secondary N) is 1. The number of halogens is 1. The lowest BCUT2D eigenvalue weighted by molar-refractivity contribution is -0.122. The predicted molar refractivity (Wildman–Crippen MR) is 117 cm³/mol. The van der Waals surface area contributed by atoms with Gasteiger partial charge < -0.3 is 19.5 Å². The van der Waals surface area contributed by atoms with Crippen molar-refractivity contribution in [1.29, 1.82) is 0 Å². The van der Waals surface area contributed by atoms with Gasteiger partial charge in [0.15, 0.2) is 17.3 Å². The molecule has 31 heavy (non-hydrogen) atoms. The van der Waals surface area contributed by atoms with E-state index in [1.54, 1.807) is 18.5 Å². The van der Waals surface area contributed by atoms with Gasteiger partial charge in [-0.1, -0.05) is 0 Å². The van der Waals surface area contributed by atoms with Gasteiger partial charge in [-0.15, -0.1) is 16.7 Å². The van der Waals surface area contributed by atoms with Crippen LogP contribution in [0.2, 0.25) is 0 Å². The first-order valence-electron chi connectivity index (χ1n) is 9.89. The van der Waals surface area contributed by atoms with Crippen LogP contribution in [-0.4, -0.2) is 40.0 Å². The van der Waals surface area contributed by atoms with Crippen LogP contribution in [0.4, 0.5) is 5.69 Å². The third-order valence-corrected chi connectivity index (χ3v) is 5.48. The Labute approximate surface area is 185 Å². The van der Waals surface area contributed by atoms with Crippen molar-refractivity contribution in [3.05, 3.63) is 42.5 Å². The van der Waals surface area contributed by atoms with E-state index in [0.717, 1.165) is 11.3 Å². The number of anilines is 1. The maximum atomic E-state index is 12.4. The van der Waals surface area contributed by atoms with E-state index in [0.29, 0.717) is 29.6 Å². The van der Waals surface area contributed by atoms with Gasteiger partial charge in [-0.3, -0.25) is 4.79 Å². The highest BCUT2D eigenvalue weighted by Crippen LogP contribution is 2.36. The van der Waals surface area contributed by atoms with Gasteiger partial charge in [0, 0.05) is 17.1 Å². The van der Waals surface area contributed by atoms with Gasteiger partial charge >= 0.3 is 6.01 Å². The van der Waals surface area contributed by atoms with Crippen molar-refractivity contribution >= 4 is 23.2 Å². The Bertz CT molecular complexity index is 1100. The summed E-state index contributed by atoms with van der Waals surface area (Å²) in [5, 5.41) is 7.38. The highest BCUT2D eigenvalue weighted by atomic mass is 35.5. The predicted octanol–water partition coefficient (Wildman–Crippen LogP) is 4.27. The quantitative estimate of drug-likeness (QED) is 0.550. The Balaban J connectivity index is 1.65. The first-order valence-corrected chi connectivity index (χ1v) is 10.4. The number of hydrogen-bond donors (Lipinski definition) is 1. The number of carbonyl (C=O) groups excluding carboxylic acids is 1. The maximum absolute atomic E-state index is 12.4. The number of rotatable bonds is 7. The monoisotopic (exact) mass is 442 g/mol. The maximum Gasteiger partial charge on any atom is 0.336 e. The van der Waals surface area contributed by atoms with Crippen LogP contribution in [0.1, 0.15) is 20.8 Å². The third kappa shape index (κ3) is 4.29. The molecule has 8 nitrogen and oxygen atoms in total. The zero-order chi connectivity index (χ0) is 22.0. The van der Waals surface area contributed by atoms with Crippen molar-refractivity contribution in [2.45, 2.75) is 20.8 Å². The van der Waals surface area contributed by atoms with Gasteiger partial charge in [0.05, 0.1) is 17.7 Å². The summed E-state index contributed by atoms with van der Waals surface area (Å²) in [6.07, 6.45) is 0. The van der Waals surface area contributed by atoms with Gasteiger partial charge in [-0.25, -0.2) is 4.68 Å². The van der Waals surface area contributed by atoms with E-state index in [1.165, 1.54) is 0 Å². The molecule has 0 spiro atoms. The molecule has 0 saturated heterocycles. The molecule has 0 atom stereocenters. The van der Waals surface area contributed by atoms with Crippen LogP contribution in [0.15, 0.2) is 42.5 Å². The summed E-state index contributed by atoms with van der Waals surface area (Å²) in [5.74, 6) is 2.04. The fourth-order valence-electron chi connectivity index (χ4n) is 2.93. The van der Waals surface area contributed by atoms with Gasteiger partial charge in [0.2, 0.25) is 12.7 Å². The van der Waals surface area contributed by atoms with Crippen LogP contribution in [-0.2, 0) is 4.79 Å². The van der Waals surface area contributed by atoms with Crippen LogP contribution in [0, 0.1) is 5.41 Å². The lowest BCUT2D eigenvalue weighted by atomic mass is 9.95. The molecule has 2 heterocycles. The molecule has 1 aromatic heterocycles. The van der Waals surface area contributed by atoms with Crippen molar-refractivity contribution in [3.63, 3.8) is 0 Å². The smallest absolute Gasteiger partial charge is 0.336 e. The molecule has 3 aromatic rings. The van der Waals surface area contributed by atoms with Crippen LogP contribution in [0.5, 0.6) is 17.5 Å². The highest BCUT2D eigenvalue weighted by Gasteiger charge is 2.26. The number of aromatic nitrogens is 3. The molecule has 4 rings (SSSR count). The van der Waals surface area contributed by atoms with Crippen molar-refractivity contribution in [3.8, 4) is 34.6 Å². The number of carbonyl (C=O) groups is 1. The molecule has 0 radical (unpaired) electrons. The SMILES string of the molecule is CCOc1nc(-c2ccc3c(c2)OCO3)n(-c2ccc(NC(=O)C(C)(C)CCl)cc2)n1. The minimum Gasteiger partial charge on any atom is -0.463 e. The van der Waals surface area contributed by atoms with E-state index in [9.17, 15) is 4.79 Å². The number of nitrogens with zero attached hydrogens (tertiary/aromatic N) is 3. The van der Waals surface area contributed by atoms with E-state index in [1.807, 2.05) is 49.4 Å². The second kappa shape index (κ2) is 8.47. The average molecular weight is 443 g/mol. The number of amides is 1. The molecule has 0 saturated carbocycles. The van der Waals surface area contributed by atoms with Crippen LogP contribution >= 0.6 is 11.6 Å². The van der Waals surface area contributed by atoms with Crippen molar-refractivity contribution in [2.75, 3.05) is 24.6 Å². The van der Waals surface area contributed by atoms with Gasteiger partial charge in [-0.2, -0.15) is 4.98 Å². The lowest BCUT2D eigenvalue weighted by Crippen LogP contribution is -2.32. The van der Waals surface area contributed by atoms with Crippen LogP contribution in [0.3, 0.4) is 0 Å². The summed E-state index contributed by atoms with van der Waals surface area (Å²) in [6.45, 7) is 6.12. The minimum atomic E-state index is -0.662. The Morgan fingerprint density at radius 2 is 1.94 bits per heavy atom. The van der Waals surface area contributed by atoms with Gasteiger partial charge in [0.25, 0.3) is 0 Å². The number of hydrogen-bond acceptors (Lipinski definition) is 6. The molecule has 1 aliphatic rings. The molecule has 162 valence electrons. The second-order valence-corrected chi connectivity index (χ2v) is 7.92. The summed E-state index contributed by atoms with van der Waals surface area (Å²) in [7, 11) is 0. The average Bonchev–Trinajstić information content (AvgIpc) is 3.41. The van der Waals surface area contributed by atoms with Crippen LogP contribution in [0.25, 0.3) is 17.1 Å². The number of benzene rings is 2. The summed E-state index contributed by atoms with van der Waals surface area (Å²) in [6, 6.07) is 13.2. The molecule has 0 unspecified atom stereocenters. The molecule has 1 N–H and O–H groups in total. The third-order valence-electron chi connectivity index (χ3n) is 4.81. The van der Waals surface area contributed by atoms with E-state index in [4.69, 9.17) is 25.8 Å². The molecule has 2 aromatic carbocycles. The summed E-state index contributed by atoms with van der Waals surface area (Å²) in [4.78, 5) is 16.9. The molecule has 1 aliphatic heterocycles. The zero-order valence-corrected chi connectivity index (χ0v) is 18.3. The fourth-order valence-corrected chi connectivity index (χ4v) is 3.05. The molecule has 1 amide bonds. The van der Waals surface area contributed by atoms with Crippen molar-refractivity contribution in [1.82, 2.24) is 14.8 Å². The van der Waals surface area contributed by atoms with Crippen molar-refractivity contribution < 1.29 is 19.0 Å². The normalized spacial score (nSPS) is 12.6. The Morgan fingerprint density at radius 1 is 1.19 bits per heavy atom. The topological polar surface area (TPSA) is 87.5 Å². The van der Waals surface area contributed by atoms with E-state index >= 15 is 0 Å². The van der Waals surface area contributed by atoms with E-state index < -0.39 is 5.41 Å². The number of ether oxygens (including phenoxy) is 3. The van der Waals surface area contributed by atoms with Gasteiger partial charge in [0.1, 0.15) is 0 Å². The Hall–Kier alpha value is -3.26. The molecule has 9 heteroatoms. The van der Waals surface area contributed by atoms with Gasteiger partial charge in [-0.05, 0) is 63.2 Å². The Morgan fingerprint density at radius 3 is 2.65 bits per heavy atom. The molecule has 0 aliphatic carbocycles. The number of fused-ring (bicyclic) bond motifs is 1. The highest BCUT2D eigenvalue weighted by molar-refractivity contribution is 6.20. The van der Waals surface area contributed by atoms with Crippen molar-refractivity contribution in [2.24, 2.45) is 5.41 Å². The minimum absolute atomic E-state index is 0.143. The van der Waals surface area contributed by atoms with Crippen LogP contribution < -0.4 is 19.5 Å². The molecule has 0 fully saturated rings. The summed E-state index contributed by atoms with van der Waals surface area (Å²) < 4.78 is 18.1. The molecular formula is C22H23ClN4O4. The summed E-state index contributed by atoms with van der Waals surface area (Å²) >= 11 is 5.89. The second-order valence-electron chi connectivity index (χ2n) is 7.65. The standard InChI is InChI=1S/C22H23ClN4O4/c1-4-29-21-25-19(14-5-10-17-18(11-14)31-13-30-17)27(26-21)16-8-6-15(7-9-16)24-20(28)22(2,3)12-23/h5-11H,4,12-13H2,1-3H3,(H,24,28). The fraction of sp³-hybridized carbons (Fsp3) is 0.318. The van der Waals surface area contributed by atoms with E-state index in [-0.39, 0.29) is 24.6 Å². The zero-order valence-electron chi connectivity index (χ0n) is 17.5. The molecule has 0 bridgehead atoms. The molecular weight excluding hydrogens is 420 g/mol. The Kier molecular flexibility index (Phi) is 5.73. The lowest BCUT2D eigenvalue weighted by Gasteiger charge is -2.20. The first-order chi connectivity index (χ1) is 14.9. The largest absolute Gasteiger partial charge is 0.463 e. The van der Waals surface area contributed by atoms with E-state index in [2.05, 4.69) is 15.4 Å². The summed E-state index contributed by atoms with van der Waals surface area (Å²) in [5.41, 5.74) is 1.58. The number of alkyl halides is 1. The first kappa shape index (κ1) is 21.0.